The molecule has 4 nitrogen and oxygen atoms in total. The average molecular weight is 428 g/mol. The molecular formula is C18H15F7O4. The van der Waals surface area contributed by atoms with E-state index in [0.29, 0.717) is 18.2 Å². The molecule has 0 aromatic heterocycles. The van der Waals surface area contributed by atoms with Crippen molar-refractivity contribution >= 4 is 5.78 Å². The van der Waals surface area contributed by atoms with Gasteiger partial charge in [0.25, 0.3) is 0 Å². The molecule has 1 aromatic carbocycles. The van der Waals surface area contributed by atoms with Gasteiger partial charge in [-0.05, 0) is 18.2 Å². The maximum Gasteiger partial charge on any atom is 0.458 e. The molecule has 1 aliphatic carbocycles. The van der Waals surface area contributed by atoms with Crippen LogP contribution in [0.4, 0.5) is 30.7 Å². The van der Waals surface area contributed by atoms with Gasteiger partial charge in [-0.3, -0.25) is 4.79 Å². The summed E-state index contributed by atoms with van der Waals surface area (Å²) in [4.78, 5) is 11.4. The van der Waals surface area contributed by atoms with Crippen molar-refractivity contribution in [2.24, 2.45) is 0 Å². The van der Waals surface area contributed by atoms with Crippen LogP contribution in [0, 0.1) is 0 Å². The van der Waals surface area contributed by atoms with E-state index in [2.05, 4.69) is 0 Å². The van der Waals surface area contributed by atoms with Crippen LogP contribution in [0.1, 0.15) is 30.1 Å². The van der Waals surface area contributed by atoms with Gasteiger partial charge in [0.15, 0.2) is 17.5 Å². The Morgan fingerprint density at radius 1 is 1.14 bits per heavy atom. The summed E-state index contributed by atoms with van der Waals surface area (Å²) < 4.78 is 103. The first kappa shape index (κ1) is 21.4. The molecule has 29 heavy (non-hydrogen) atoms. The van der Waals surface area contributed by atoms with E-state index in [4.69, 9.17) is 9.47 Å². The van der Waals surface area contributed by atoms with Gasteiger partial charge in [0, 0.05) is 30.0 Å². The zero-order chi connectivity index (χ0) is 21.6. The van der Waals surface area contributed by atoms with E-state index in [1.54, 1.807) is 0 Å². The Hall–Kier alpha value is -2.30. The SMILES string of the molecule is O=C1C=C(O[C@H]2c3cc(C(F)(F)C(F)(F)F)ccc3OC(CF)(CF)[C@@H]2O)CC1. The van der Waals surface area contributed by atoms with Crippen LogP contribution in [0.3, 0.4) is 0 Å². The maximum atomic E-state index is 13.8. The predicted molar refractivity (Wildman–Crippen MR) is 83.9 cm³/mol. The summed E-state index contributed by atoms with van der Waals surface area (Å²) in [6, 6.07) is 1.54. The van der Waals surface area contributed by atoms with Gasteiger partial charge in [-0.25, -0.2) is 8.78 Å². The fraction of sp³-hybridized carbons (Fsp3) is 0.500. The fourth-order valence-corrected chi connectivity index (χ4v) is 3.15. The largest absolute Gasteiger partial charge is 0.487 e. The number of carbonyl (C=O) groups is 1. The lowest BCUT2D eigenvalue weighted by Crippen LogP contribution is -2.57. The molecule has 0 amide bonds. The predicted octanol–water partition coefficient (Wildman–Crippen LogP) is 4.08. The molecule has 1 aliphatic heterocycles. The van der Waals surface area contributed by atoms with Crippen molar-refractivity contribution in [3.05, 3.63) is 41.2 Å². The number of fused-ring (bicyclic) bond motifs is 1. The molecular weight excluding hydrogens is 413 g/mol. The average Bonchev–Trinajstić information content (AvgIpc) is 3.07. The minimum atomic E-state index is -5.90. The molecule has 160 valence electrons. The number of rotatable bonds is 5. The van der Waals surface area contributed by atoms with Crippen molar-refractivity contribution in [3.8, 4) is 5.75 Å². The number of ether oxygens (including phenoxy) is 2. The topological polar surface area (TPSA) is 55.8 Å². The van der Waals surface area contributed by atoms with E-state index < -0.39 is 60.1 Å². The Labute approximate surface area is 159 Å². The molecule has 1 aromatic rings. The van der Waals surface area contributed by atoms with Crippen molar-refractivity contribution in [2.75, 3.05) is 13.3 Å². The second-order valence-electron chi connectivity index (χ2n) is 6.82. The van der Waals surface area contributed by atoms with Gasteiger partial charge in [-0.1, -0.05) is 0 Å². The molecule has 0 saturated carbocycles. The van der Waals surface area contributed by atoms with Crippen molar-refractivity contribution in [2.45, 2.75) is 42.7 Å². The van der Waals surface area contributed by atoms with Crippen LogP contribution in [-0.2, 0) is 15.5 Å². The Morgan fingerprint density at radius 3 is 2.31 bits per heavy atom. The van der Waals surface area contributed by atoms with E-state index in [1.807, 2.05) is 0 Å². The maximum absolute atomic E-state index is 13.8. The van der Waals surface area contributed by atoms with Gasteiger partial charge in [-0.15, -0.1) is 0 Å². The van der Waals surface area contributed by atoms with Crippen molar-refractivity contribution in [3.63, 3.8) is 0 Å². The van der Waals surface area contributed by atoms with Crippen LogP contribution in [-0.4, -0.2) is 42.1 Å². The van der Waals surface area contributed by atoms with Crippen LogP contribution in [0.25, 0.3) is 0 Å². The normalized spacial score (nSPS) is 24.0. The van der Waals surface area contributed by atoms with Gasteiger partial charge >= 0.3 is 12.1 Å². The number of benzene rings is 1. The molecule has 2 atom stereocenters. The van der Waals surface area contributed by atoms with Crippen LogP contribution in [0.2, 0.25) is 0 Å². The molecule has 0 fully saturated rings. The molecule has 2 aliphatic rings. The Kier molecular flexibility index (Phi) is 5.31. The zero-order valence-corrected chi connectivity index (χ0v) is 14.6. The molecule has 0 unspecified atom stereocenters. The molecule has 3 rings (SSSR count). The first-order valence-electron chi connectivity index (χ1n) is 8.43. The first-order chi connectivity index (χ1) is 13.4. The van der Waals surface area contributed by atoms with Crippen LogP contribution < -0.4 is 4.74 Å². The summed E-state index contributed by atoms with van der Waals surface area (Å²) >= 11 is 0. The Balaban J connectivity index is 2.10. The van der Waals surface area contributed by atoms with E-state index in [9.17, 15) is 40.6 Å². The fourth-order valence-electron chi connectivity index (χ4n) is 3.15. The molecule has 0 spiro atoms. The van der Waals surface area contributed by atoms with Gasteiger partial charge in [0.05, 0.1) is 0 Å². The molecule has 0 saturated heterocycles. The third-order valence-corrected chi connectivity index (χ3v) is 4.84. The number of hydrogen-bond donors (Lipinski definition) is 1. The van der Waals surface area contributed by atoms with Crippen LogP contribution >= 0.6 is 0 Å². The van der Waals surface area contributed by atoms with Crippen molar-refractivity contribution < 1.29 is 50.1 Å². The van der Waals surface area contributed by atoms with Gasteiger partial charge < -0.3 is 14.6 Å². The second-order valence-corrected chi connectivity index (χ2v) is 6.82. The van der Waals surface area contributed by atoms with Crippen molar-refractivity contribution in [1.82, 2.24) is 0 Å². The highest BCUT2D eigenvalue weighted by atomic mass is 19.4. The summed E-state index contributed by atoms with van der Waals surface area (Å²) in [5.74, 6) is -5.97. The van der Waals surface area contributed by atoms with Gasteiger partial charge in [0.1, 0.15) is 31.0 Å². The summed E-state index contributed by atoms with van der Waals surface area (Å²) in [6.07, 6.45) is -8.52. The minimum Gasteiger partial charge on any atom is -0.487 e. The van der Waals surface area contributed by atoms with E-state index in [1.165, 1.54) is 0 Å². The molecule has 11 heteroatoms. The number of ketones is 1. The van der Waals surface area contributed by atoms with Crippen LogP contribution in [0.5, 0.6) is 5.75 Å². The molecule has 0 radical (unpaired) electrons. The van der Waals surface area contributed by atoms with E-state index >= 15 is 0 Å². The van der Waals surface area contributed by atoms with Gasteiger partial charge in [-0.2, -0.15) is 22.0 Å². The summed E-state index contributed by atoms with van der Waals surface area (Å²) in [5.41, 5.74) is -4.34. The highest BCUT2D eigenvalue weighted by Crippen LogP contribution is 2.49. The lowest BCUT2D eigenvalue weighted by Gasteiger charge is -2.43. The standard InChI is InChI=1S/C18H15F7O4/c19-7-16(8-20)15(27)14(28-11-3-2-10(26)6-11)12-5-9(1-4-13(12)29-16)17(21,22)18(23,24)25/h1,4-6,14-15,27H,2-3,7-8H2/t14-,15+/m0/s1. The number of hydrogen-bond acceptors (Lipinski definition) is 4. The minimum absolute atomic E-state index is 0.00602. The smallest absolute Gasteiger partial charge is 0.458 e. The quantitative estimate of drug-likeness (QED) is 0.719. The second kappa shape index (κ2) is 7.19. The lowest BCUT2D eigenvalue weighted by molar-refractivity contribution is -0.289. The molecule has 1 N–H and O–H groups in total. The first-order valence-corrected chi connectivity index (χ1v) is 8.43. The van der Waals surface area contributed by atoms with E-state index in [0.717, 1.165) is 6.08 Å². The highest BCUT2D eigenvalue weighted by Gasteiger charge is 2.59. The summed E-state index contributed by atoms with van der Waals surface area (Å²) in [5, 5.41) is 10.5. The van der Waals surface area contributed by atoms with Crippen molar-refractivity contribution in [1.29, 1.82) is 0 Å². The Morgan fingerprint density at radius 2 is 1.79 bits per heavy atom. The lowest BCUT2D eigenvalue weighted by atomic mass is 9.86. The highest BCUT2D eigenvalue weighted by molar-refractivity contribution is 5.92. The van der Waals surface area contributed by atoms with Crippen LogP contribution in [0.15, 0.2) is 30.0 Å². The number of carbonyl (C=O) groups excluding carboxylic acids is 1. The zero-order valence-electron chi connectivity index (χ0n) is 14.6. The van der Waals surface area contributed by atoms with E-state index in [-0.39, 0.29) is 24.4 Å². The number of allylic oxidation sites excluding steroid dienone is 2. The third-order valence-electron chi connectivity index (χ3n) is 4.84. The Bertz CT molecular complexity index is 830. The molecule has 1 heterocycles. The summed E-state index contributed by atoms with van der Waals surface area (Å²) in [7, 11) is 0. The summed E-state index contributed by atoms with van der Waals surface area (Å²) in [6.45, 7) is -3.05. The van der Waals surface area contributed by atoms with Gasteiger partial charge in [0.2, 0.25) is 0 Å². The number of alkyl halides is 7. The molecule has 0 bridgehead atoms. The third kappa shape index (κ3) is 3.56. The number of aliphatic hydroxyl groups is 1. The monoisotopic (exact) mass is 428 g/mol. The number of aliphatic hydroxyl groups excluding tert-OH is 1. The number of halogens is 7.